The number of carbonyl (C=O) groups is 1. The number of aromatic nitrogens is 3. The minimum Gasteiger partial charge on any atom is -0.464 e. The van der Waals surface area contributed by atoms with Crippen molar-refractivity contribution in [1.29, 1.82) is 5.26 Å². The monoisotopic (exact) mass is 270 g/mol. The number of nitrogens with zero attached hydrogens (tertiary/aromatic N) is 4. The zero-order valence-corrected chi connectivity index (χ0v) is 11.2. The van der Waals surface area contributed by atoms with Crippen LogP contribution in [0.25, 0.3) is 11.2 Å². The Kier molecular flexibility index (Phi) is 2.90. The molecule has 0 unspecified atom stereocenters. The molecule has 1 fully saturated rings. The molecular weight excluding hydrogens is 256 g/mol. The van der Waals surface area contributed by atoms with E-state index in [-0.39, 0.29) is 11.1 Å². The van der Waals surface area contributed by atoms with Crippen molar-refractivity contribution < 1.29 is 9.53 Å². The van der Waals surface area contributed by atoms with Crippen LogP contribution in [-0.2, 0) is 11.3 Å². The maximum absolute atomic E-state index is 11.5. The molecule has 3 rings (SSSR count). The van der Waals surface area contributed by atoms with Gasteiger partial charge in [-0.1, -0.05) is 0 Å². The predicted octanol–water partition coefficient (Wildman–Crippen LogP) is 1.91. The molecule has 20 heavy (non-hydrogen) atoms. The highest BCUT2D eigenvalue weighted by Crippen LogP contribution is 2.50. The van der Waals surface area contributed by atoms with E-state index in [1.807, 2.05) is 4.57 Å². The second kappa shape index (κ2) is 4.60. The first-order valence-electron chi connectivity index (χ1n) is 6.45. The molecule has 0 atom stereocenters. The van der Waals surface area contributed by atoms with E-state index in [4.69, 9.17) is 5.26 Å². The minimum absolute atomic E-state index is 0.0608. The highest BCUT2D eigenvalue weighted by atomic mass is 16.5. The maximum Gasteiger partial charge on any atom is 0.356 e. The zero-order chi connectivity index (χ0) is 14.2. The van der Waals surface area contributed by atoms with Crippen molar-refractivity contribution in [3.8, 4) is 6.07 Å². The number of carbonyl (C=O) groups excluding carboxylic acids is 1. The molecule has 1 aliphatic carbocycles. The molecule has 0 saturated heterocycles. The van der Waals surface area contributed by atoms with Crippen LogP contribution in [-0.4, -0.2) is 27.6 Å². The molecule has 6 nitrogen and oxygen atoms in total. The van der Waals surface area contributed by atoms with E-state index in [1.54, 1.807) is 18.5 Å². The Morgan fingerprint density at radius 2 is 2.35 bits per heavy atom. The summed E-state index contributed by atoms with van der Waals surface area (Å²) in [7, 11) is 1.33. The Hall–Kier alpha value is -2.42. The van der Waals surface area contributed by atoms with Gasteiger partial charge in [-0.05, 0) is 25.0 Å². The van der Waals surface area contributed by atoms with Gasteiger partial charge in [0.15, 0.2) is 11.3 Å². The van der Waals surface area contributed by atoms with Gasteiger partial charge in [0.25, 0.3) is 0 Å². The van der Waals surface area contributed by atoms with Gasteiger partial charge in [0.2, 0.25) is 0 Å². The normalized spacial score (nSPS) is 15.8. The van der Waals surface area contributed by atoms with Gasteiger partial charge in [-0.25, -0.2) is 14.8 Å². The predicted molar refractivity (Wildman–Crippen MR) is 70.8 cm³/mol. The van der Waals surface area contributed by atoms with E-state index in [1.165, 1.54) is 7.11 Å². The standard InChI is InChI=1S/C14H14N4O2/c1-20-13(19)11-3-2-10-12(17-11)18(9-16-10)8-14(4-5-14)6-7-15/h2-3,9H,4-6,8H2,1H3. The van der Waals surface area contributed by atoms with Gasteiger partial charge in [-0.2, -0.15) is 5.26 Å². The summed E-state index contributed by atoms with van der Waals surface area (Å²) in [4.78, 5) is 20.1. The summed E-state index contributed by atoms with van der Waals surface area (Å²) in [6.07, 6.45) is 4.37. The van der Waals surface area contributed by atoms with Crippen LogP contribution < -0.4 is 0 Å². The molecular formula is C14H14N4O2. The van der Waals surface area contributed by atoms with Crippen LogP contribution in [0.2, 0.25) is 0 Å². The Morgan fingerprint density at radius 3 is 3.00 bits per heavy atom. The van der Waals surface area contributed by atoms with E-state index >= 15 is 0 Å². The number of imidazole rings is 1. The van der Waals surface area contributed by atoms with Gasteiger partial charge >= 0.3 is 5.97 Å². The summed E-state index contributed by atoms with van der Waals surface area (Å²) in [5.41, 5.74) is 1.74. The molecule has 0 aromatic carbocycles. The summed E-state index contributed by atoms with van der Waals surface area (Å²) >= 11 is 0. The number of pyridine rings is 1. The Labute approximate surface area is 116 Å². The maximum atomic E-state index is 11.5. The molecule has 0 bridgehead atoms. The third kappa shape index (κ3) is 2.11. The topological polar surface area (TPSA) is 80.8 Å². The largest absolute Gasteiger partial charge is 0.464 e. The molecule has 0 spiro atoms. The van der Waals surface area contributed by atoms with E-state index in [2.05, 4.69) is 20.8 Å². The van der Waals surface area contributed by atoms with E-state index in [9.17, 15) is 4.79 Å². The fourth-order valence-electron chi connectivity index (χ4n) is 2.37. The average Bonchev–Trinajstić information content (AvgIpc) is 3.11. The van der Waals surface area contributed by atoms with Gasteiger partial charge in [0.1, 0.15) is 5.52 Å². The second-order valence-corrected chi connectivity index (χ2v) is 5.24. The minimum atomic E-state index is -0.460. The summed E-state index contributed by atoms with van der Waals surface area (Å²) in [6, 6.07) is 5.61. The molecule has 0 N–H and O–H groups in total. The lowest BCUT2D eigenvalue weighted by molar-refractivity contribution is 0.0594. The number of nitriles is 1. The molecule has 0 aliphatic heterocycles. The fraction of sp³-hybridized carbons (Fsp3) is 0.429. The molecule has 102 valence electrons. The Bertz CT molecular complexity index is 710. The van der Waals surface area contributed by atoms with Crippen molar-refractivity contribution in [3.05, 3.63) is 24.2 Å². The number of ether oxygens (including phenoxy) is 1. The quantitative estimate of drug-likeness (QED) is 0.793. The van der Waals surface area contributed by atoms with Crippen molar-refractivity contribution >= 4 is 17.1 Å². The Balaban J connectivity index is 1.95. The molecule has 6 heteroatoms. The number of hydrogen-bond donors (Lipinski definition) is 0. The molecule has 1 saturated carbocycles. The van der Waals surface area contributed by atoms with E-state index in [0.717, 1.165) is 18.4 Å². The second-order valence-electron chi connectivity index (χ2n) is 5.24. The summed E-state index contributed by atoms with van der Waals surface area (Å²) < 4.78 is 6.60. The molecule has 2 aromatic heterocycles. The van der Waals surface area contributed by atoms with Crippen LogP contribution in [0.15, 0.2) is 18.5 Å². The molecule has 0 amide bonds. The first kappa shape index (κ1) is 12.6. The highest BCUT2D eigenvalue weighted by molar-refractivity contribution is 5.89. The van der Waals surface area contributed by atoms with Crippen molar-refractivity contribution in [2.24, 2.45) is 5.41 Å². The SMILES string of the molecule is COC(=O)c1ccc2ncn(CC3(CC#N)CC3)c2n1. The smallest absolute Gasteiger partial charge is 0.356 e. The lowest BCUT2D eigenvalue weighted by Gasteiger charge is -2.12. The highest BCUT2D eigenvalue weighted by Gasteiger charge is 2.43. The third-order valence-corrected chi connectivity index (χ3v) is 3.77. The Morgan fingerprint density at radius 1 is 1.55 bits per heavy atom. The number of methoxy groups -OCH3 is 1. The van der Waals surface area contributed by atoms with Gasteiger partial charge in [0, 0.05) is 18.4 Å². The first-order chi connectivity index (χ1) is 9.67. The molecule has 2 aromatic rings. The van der Waals surface area contributed by atoms with Crippen LogP contribution in [0, 0.1) is 16.7 Å². The van der Waals surface area contributed by atoms with Gasteiger partial charge in [-0.3, -0.25) is 0 Å². The average molecular weight is 270 g/mol. The number of rotatable bonds is 4. The van der Waals surface area contributed by atoms with Gasteiger partial charge in [-0.15, -0.1) is 0 Å². The molecule has 2 heterocycles. The van der Waals surface area contributed by atoms with Crippen molar-refractivity contribution in [2.75, 3.05) is 7.11 Å². The fourth-order valence-corrected chi connectivity index (χ4v) is 2.37. The first-order valence-corrected chi connectivity index (χ1v) is 6.45. The third-order valence-electron chi connectivity index (χ3n) is 3.77. The number of hydrogen-bond acceptors (Lipinski definition) is 5. The van der Waals surface area contributed by atoms with Gasteiger partial charge < -0.3 is 9.30 Å². The number of esters is 1. The molecule has 1 aliphatic rings. The zero-order valence-electron chi connectivity index (χ0n) is 11.2. The van der Waals surface area contributed by atoms with E-state index in [0.29, 0.717) is 18.6 Å². The lowest BCUT2D eigenvalue weighted by atomic mass is 10.0. The van der Waals surface area contributed by atoms with Crippen LogP contribution in [0.3, 0.4) is 0 Å². The number of fused-ring (bicyclic) bond motifs is 1. The van der Waals surface area contributed by atoms with Crippen LogP contribution >= 0.6 is 0 Å². The van der Waals surface area contributed by atoms with Crippen molar-refractivity contribution in [1.82, 2.24) is 14.5 Å². The summed E-state index contributed by atoms with van der Waals surface area (Å²) in [5.74, 6) is -0.460. The van der Waals surface area contributed by atoms with E-state index < -0.39 is 5.97 Å². The van der Waals surface area contributed by atoms with Crippen LogP contribution in [0.4, 0.5) is 0 Å². The van der Waals surface area contributed by atoms with Gasteiger partial charge in [0.05, 0.1) is 19.5 Å². The summed E-state index contributed by atoms with van der Waals surface area (Å²) in [5, 5.41) is 8.88. The summed E-state index contributed by atoms with van der Waals surface area (Å²) in [6.45, 7) is 0.717. The van der Waals surface area contributed by atoms with Crippen molar-refractivity contribution in [2.45, 2.75) is 25.8 Å². The van der Waals surface area contributed by atoms with Crippen molar-refractivity contribution in [3.63, 3.8) is 0 Å². The lowest BCUT2D eigenvalue weighted by Crippen LogP contribution is -2.12. The molecule has 0 radical (unpaired) electrons. The van der Waals surface area contributed by atoms with Crippen LogP contribution in [0.1, 0.15) is 29.8 Å². The van der Waals surface area contributed by atoms with Crippen LogP contribution in [0.5, 0.6) is 0 Å².